The van der Waals surface area contributed by atoms with Crippen LogP contribution in [0.3, 0.4) is 0 Å². The van der Waals surface area contributed by atoms with Gasteiger partial charge in [0, 0.05) is 15.6 Å². The summed E-state index contributed by atoms with van der Waals surface area (Å²) in [6.07, 6.45) is 0. The molecule has 9 heteroatoms. The zero-order valence-electron chi connectivity index (χ0n) is 10.7. The predicted octanol–water partition coefficient (Wildman–Crippen LogP) is 2.33. The van der Waals surface area contributed by atoms with E-state index in [2.05, 4.69) is 0 Å². The fraction of sp³-hybridized carbons (Fsp3) is 0. The van der Waals surface area contributed by atoms with Gasteiger partial charge in [-0.3, -0.25) is 4.79 Å². The Balaban J connectivity index is 3.02. The lowest BCUT2D eigenvalue weighted by molar-refractivity contribution is 0.0695. The molecule has 0 radical (unpaired) electrons. The van der Waals surface area contributed by atoms with Crippen molar-refractivity contribution in [3.63, 3.8) is 0 Å². The van der Waals surface area contributed by atoms with E-state index in [1.54, 1.807) is 0 Å². The van der Waals surface area contributed by atoms with Crippen molar-refractivity contribution < 1.29 is 19.8 Å². The summed E-state index contributed by atoms with van der Waals surface area (Å²) < 4.78 is 0. The van der Waals surface area contributed by atoms with E-state index >= 15 is 0 Å². The minimum Gasteiger partial charge on any atom is -0.478 e. The van der Waals surface area contributed by atoms with Gasteiger partial charge in [-0.05, 0) is 23.8 Å². The first-order valence-corrected chi connectivity index (χ1v) is 6.46. The maximum Gasteiger partial charge on any atom is 0.342 e. The van der Waals surface area contributed by atoms with Crippen LogP contribution in [0.4, 0.5) is 5.82 Å². The lowest BCUT2D eigenvalue weighted by atomic mass is 9.95. The number of pyridine rings is 1. The Kier molecular flexibility index (Phi) is 4.11. The van der Waals surface area contributed by atoms with Gasteiger partial charge in [0.2, 0.25) is 0 Å². The third-order valence-electron chi connectivity index (χ3n) is 2.82. The van der Waals surface area contributed by atoms with Crippen molar-refractivity contribution in [2.24, 2.45) is 0 Å². The number of hydrogen-bond donors (Lipinski definition) is 4. The van der Waals surface area contributed by atoms with E-state index in [1.807, 2.05) is 4.98 Å². The van der Waals surface area contributed by atoms with Gasteiger partial charge in [0.25, 0.3) is 5.56 Å². The highest BCUT2D eigenvalue weighted by Gasteiger charge is 2.26. The molecule has 0 atom stereocenters. The Labute approximate surface area is 132 Å². The first-order valence-electron chi connectivity index (χ1n) is 5.71. The average Bonchev–Trinajstić information content (AvgIpc) is 2.35. The number of nitrogens with one attached hydrogen (secondary N) is 1. The molecule has 0 saturated carbocycles. The zero-order valence-corrected chi connectivity index (χ0v) is 12.2. The Morgan fingerprint density at radius 2 is 1.50 bits per heavy atom. The molecule has 0 unspecified atom stereocenters. The number of benzene rings is 1. The summed E-state index contributed by atoms with van der Waals surface area (Å²) in [5.74, 6) is -3.56. The summed E-state index contributed by atoms with van der Waals surface area (Å²) in [5.41, 5.74) is 2.88. The fourth-order valence-electron chi connectivity index (χ4n) is 2.03. The van der Waals surface area contributed by atoms with E-state index in [0.29, 0.717) is 0 Å². The number of halogens is 2. The lowest BCUT2D eigenvalue weighted by Crippen LogP contribution is -2.24. The van der Waals surface area contributed by atoms with Crippen molar-refractivity contribution in [2.75, 3.05) is 5.73 Å². The molecule has 0 amide bonds. The minimum atomic E-state index is -1.60. The quantitative estimate of drug-likeness (QED) is 0.676. The number of nitrogen functional groups attached to an aromatic ring is 1. The van der Waals surface area contributed by atoms with E-state index < -0.39 is 34.4 Å². The molecule has 1 aromatic carbocycles. The molecule has 22 heavy (non-hydrogen) atoms. The molecule has 1 heterocycles. The number of H-pyrrole nitrogens is 1. The standard InChI is InChI=1S/C13H8Cl2N2O5/c14-5-1-4(2-6(15)3-5)7-8(12(19)20)10(16)17-11(18)9(7)13(21)22/h1-3H,(H,19,20)(H,21,22)(H3,16,17,18). The van der Waals surface area contributed by atoms with Crippen LogP contribution in [-0.2, 0) is 0 Å². The van der Waals surface area contributed by atoms with Crippen LogP contribution in [0.5, 0.6) is 0 Å². The number of carboxylic acid groups (broad SMARTS) is 2. The summed E-state index contributed by atoms with van der Waals surface area (Å²) in [6.45, 7) is 0. The number of aromatic carboxylic acids is 2. The molecule has 7 nitrogen and oxygen atoms in total. The number of aromatic amines is 1. The number of anilines is 1. The molecule has 0 fully saturated rings. The molecule has 2 aromatic rings. The van der Waals surface area contributed by atoms with Crippen LogP contribution < -0.4 is 11.3 Å². The van der Waals surface area contributed by atoms with Crippen LogP contribution in [0, 0.1) is 0 Å². The summed E-state index contributed by atoms with van der Waals surface area (Å²) >= 11 is 11.7. The third-order valence-corrected chi connectivity index (χ3v) is 3.26. The van der Waals surface area contributed by atoms with Gasteiger partial charge in [0.15, 0.2) is 0 Å². The van der Waals surface area contributed by atoms with Gasteiger partial charge in [-0.1, -0.05) is 23.2 Å². The van der Waals surface area contributed by atoms with Crippen molar-refractivity contribution in [3.8, 4) is 11.1 Å². The van der Waals surface area contributed by atoms with E-state index in [-0.39, 0.29) is 21.2 Å². The first-order chi connectivity index (χ1) is 10.2. The van der Waals surface area contributed by atoms with Crippen molar-refractivity contribution in [1.82, 2.24) is 4.98 Å². The van der Waals surface area contributed by atoms with Gasteiger partial charge in [0.05, 0.1) is 0 Å². The van der Waals surface area contributed by atoms with Crippen LogP contribution in [0.15, 0.2) is 23.0 Å². The molecule has 5 N–H and O–H groups in total. The van der Waals surface area contributed by atoms with E-state index in [4.69, 9.17) is 28.9 Å². The van der Waals surface area contributed by atoms with Gasteiger partial charge in [0.1, 0.15) is 16.9 Å². The second-order valence-electron chi connectivity index (χ2n) is 4.26. The maximum atomic E-state index is 11.8. The van der Waals surface area contributed by atoms with E-state index in [9.17, 15) is 24.6 Å². The van der Waals surface area contributed by atoms with Crippen LogP contribution in [0.1, 0.15) is 20.7 Å². The third kappa shape index (κ3) is 2.76. The van der Waals surface area contributed by atoms with Gasteiger partial charge in [-0.15, -0.1) is 0 Å². The van der Waals surface area contributed by atoms with Gasteiger partial charge in [-0.2, -0.15) is 0 Å². The largest absolute Gasteiger partial charge is 0.478 e. The highest BCUT2D eigenvalue weighted by atomic mass is 35.5. The second kappa shape index (κ2) is 5.70. The van der Waals surface area contributed by atoms with Gasteiger partial charge >= 0.3 is 11.9 Å². The van der Waals surface area contributed by atoms with Crippen molar-refractivity contribution in [3.05, 3.63) is 49.7 Å². The first kappa shape index (κ1) is 15.9. The Morgan fingerprint density at radius 1 is 1.00 bits per heavy atom. The normalized spacial score (nSPS) is 10.5. The van der Waals surface area contributed by atoms with Crippen LogP contribution in [-0.4, -0.2) is 27.1 Å². The molecular weight excluding hydrogens is 335 g/mol. The molecular formula is C13H8Cl2N2O5. The predicted molar refractivity (Wildman–Crippen MR) is 80.8 cm³/mol. The van der Waals surface area contributed by atoms with Crippen LogP contribution >= 0.6 is 23.2 Å². The fourth-order valence-corrected chi connectivity index (χ4v) is 2.56. The van der Waals surface area contributed by atoms with Gasteiger partial charge < -0.3 is 20.9 Å². The Hall–Kier alpha value is -2.51. The van der Waals surface area contributed by atoms with E-state index in [1.165, 1.54) is 18.2 Å². The summed E-state index contributed by atoms with van der Waals surface area (Å²) in [4.78, 5) is 36.6. The lowest BCUT2D eigenvalue weighted by Gasteiger charge is -2.12. The Bertz CT molecular complexity index is 840. The molecule has 0 aliphatic heterocycles. The molecule has 0 bridgehead atoms. The highest BCUT2D eigenvalue weighted by molar-refractivity contribution is 6.35. The summed E-state index contributed by atoms with van der Waals surface area (Å²) in [7, 11) is 0. The molecule has 2 rings (SSSR count). The summed E-state index contributed by atoms with van der Waals surface area (Å²) in [5, 5.41) is 18.8. The van der Waals surface area contributed by atoms with Crippen LogP contribution in [0.2, 0.25) is 10.0 Å². The van der Waals surface area contributed by atoms with Crippen molar-refractivity contribution >= 4 is 41.0 Å². The number of rotatable bonds is 3. The Morgan fingerprint density at radius 3 is 1.95 bits per heavy atom. The molecule has 0 aliphatic rings. The monoisotopic (exact) mass is 342 g/mol. The molecule has 0 aliphatic carbocycles. The number of carbonyl (C=O) groups is 2. The molecule has 1 aromatic heterocycles. The molecule has 114 valence electrons. The van der Waals surface area contributed by atoms with E-state index in [0.717, 1.165) is 0 Å². The number of hydrogen-bond acceptors (Lipinski definition) is 4. The highest BCUT2D eigenvalue weighted by Crippen LogP contribution is 2.32. The van der Waals surface area contributed by atoms with Crippen molar-refractivity contribution in [1.29, 1.82) is 0 Å². The van der Waals surface area contributed by atoms with Gasteiger partial charge in [-0.25, -0.2) is 9.59 Å². The number of carboxylic acids is 2. The summed E-state index contributed by atoms with van der Waals surface area (Å²) in [6, 6.07) is 3.96. The maximum absolute atomic E-state index is 11.8. The molecule has 0 saturated heterocycles. The van der Waals surface area contributed by atoms with Crippen molar-refractivity contribution in [2.45, 2.75) is 0 Å². The van der Waals surface area contributed by atoms with Crippen LogP contribution in [0.25, 0.3) is 11.1 Å². The SMILES string of the molecule is Nc1[nH]c(=O)c(C(=O)O)c(-c2cc(Cl)cc(Cl)c2)c1C(=O)O. The number of nitrogens with two attached hydrogens (primary N) is 1. The second-order valence-corrected chi connectivity index (χ2v) is 5.13. The topological polar surface area (TPSA) is 133 Å². The average molecular weight is 343 g/mol. The minimum absolute atomic E-state index is 0.0603. The number of aromatic nitrogens is 1. The smallest absolute Gasteiger partial charge is 0.342 e. The molecule has 0 spiro atoms. The zero-order chi connectivity index (χ0) is 16.6.